The van der Waals surface area contributed by atoms with E-state index in [2.05, 4.69) is 43.7 Å². The number of carbonyl (C=O) groups is 1. The second kappa shape index (κ2) is 10.3. The molecular formula is C23H31N5OS. The molecule has 6 nitrogen and oxygen atoms in total. The number of nitrogens with zero attached hydrogens (tertiary/aromatic N) is 4. The first-order valence-electron chi connectivity index (χ1n) is 11.0. The van der Waals surface area contributed by atoms with E-state index in [0.29, 0.717) is 12.3 Å². The molecule has 1 N–H and O–H groups in total. The number of thioether (sulfide) groups is 1. The van der Waals surface area contributed by atoms with Gasteiger partial charge in [0.1, 0.15) is 5.82 Å². The van der Waals surface area contributed by atoms with E-state index >= 15 is 0 Å². The van der Waals surface area contributed by atoms with E-state index < -0.39 is 0 Å². The number of hydrogen-bond donors (Lipinski definition) is 1. The molecule has 1 fully saturated rings. The minimum atomic E-state index is -0.0130. The smallest absolute Gasteiger partial charge is 0.234 e. The molecule has 0 bridgehead atoms. The fourth-order valence-corrected chi connectivity index (χ4v) is 5.11. The fraction of sp³-hybridized carbons (Fsp3) is 0.522. The molecule has 1 aliphatic carbocycles. The molecule has 2 heterocycles. The van der Waals surface area contributed by atoms with Gasteiger partial charge in [-0.25, -0.2) is 0 Å². The number of rotatable bonds is 9. The van der Waals surface area contributed by atoms with Gasteiger partial charge in [-0.1, -0.05) is 30.3 Å². The normalized spacial score (nSPS) is 16.4. The predicted octanol–water partition coefficient (Wildman–Crippen LogP) is 3.71. The maximum absolute atomic E-state index is 12.5. The quantitative estimate of drug-likeness (QED) is 0.490. The molecule has 4 rings (SSSR count). The van der Waals surface area contributed by atoms with E-state index in [-0.39, 0.29) is 5.91 Å². The number of fused-ring (bicyclic) bond motifs is 1. The minimum absolute atomic E-state index is 0.0130. The standard InChI is InChI=1S/C23H31N5OS/c1-2-12-28-21(11-15-27-13-4-3-5-14-27)25-26-23(28)30-17-22(29)24-20-10-9-18-7-6-8-19(18)16-20/h2,9-10,16H,1,3-8,11-15,17H2,(H,24,29). The first kappa shape index (κ1) is 21.1. The highest BCUT2D eigenvalue weighted by atomic mass is 32.2. The van der Waals surface area contributed by atoms with Crippen molar-refractivity contribution in [1.29, 1.82) is 0 Å². The van der Waals surface area contributed by atoms with Gasteiger partial charge in [-0.3, -0.25) is 4.79 Å². The van der Waals surface area contributed by atoms with Crippen LogP contribution in [-0.4, -0.2) is 51.0 Å². The van der Waals surface area contributed by atoms with Crippen molar-refractivity contribution < 1.29 is 4.79 Å². The van der Waals surface area contributed by atoms with E-state index in [1.807, 2.05) is 12.1 Å². The number of aromatic nitrogens is 3. The highest BCUT2D eigenvalue weighted by Crippen LogP contribution is 2.25. The van der Waals surface area contributed by atoms with Crippen LogP contribution in [0.5, 0.6) is 0 Å². The Hall–Kier alpha value is -2.12. The zero-order valence-electron chi connectivity index (χ0n) is 17.6. The average Bonchev–Trinajstić information content (AvgIpc) is 3.38. The summed E-state index contributed by atoms with van der Waals surface area (Å²) in [4.78, 5) is 15.0. The number of likely N-dealkylation sites (tertiary alicyclic amines) is 1. The molecule has 1 aromatic heterocycles. The lowest BCUT2D eigenvalue weighted by atomic mass is 10.1. The van der Waals surface area contributed by atoms with Gasteiger partial charge in [0.05, 0.1) is 5.75 Å². The number of aryl methyl sites for hydroxylation is 2. The molecule has 2 aromatic rings. The average molecular weight is 426 g/mol. The van der Waals surface area contributed by atoms with Gasteiger partial charge in [0, 0.05) is 25.2 Å². The Morgan fingerprint density at radius 2 is 1.97 bits per heavy atom. The van der Waals surface area contributed by atoms with Crippen LogP contribution in [0.4, 0.5) is 5.69 Å². The summed E-state index contributed by atoms with van der Waals surface area (Å²) in [6, 6.07) is 6.26. The third-order valence-corrected chi connectivity index (χ3v) is 6.89. The maximum atomic E-state index is 12.5. The third kappa shape index (κ3) is 5.32. The predicted molar refractivity (Wildman–Crippen MR) is 122 cm³/mol. The second-order valence-electron chi connectivity index (χ2n) is 8.12. The van der Waals surface area contributed by atoms with Gasteiger partial charge in [0.2, 0.25) is 5.91 Å². The Morgan fingerprint density at radius 3 is 2.80 bits per heavy atom. The Labute approximate surface area is 183 Å². The van der Waals surface area contributed by atoms with Gasteiger partial charge in [0.15, 0.2) is 5.16 Å². The molecule has 0 unspecified atom stereocenters. The zero-order valence-corrected chi connectivity index (χ0v) is 18.4. The number of piperidine rings is 1. The minimum Gasteiger partial charge on any atom is -0.325 e. The summed E-state index contributed by atoms with van der Waals surface area (Å²) in [5.41, 5.74) is 3.66. The van der Waals surface area contributed by atoms with Crippen LogP contribution in [0.25, 0.3) is 0 Å². The first-order chi connectivity index (χ1) is 14.7. The largest absolute Gasteiger partial charge is 0.325 e. The first-order valence-corrected chi connectivity index (χ1v) is 12.0. The fourth-order valence-electron chi connectivity index (χ4n) is 4.34. The van der Waals surface area contributed by atoms with Gasteiger partial charge in [0.25, 0.3) is 0 Å². The molecule has 2 aliphatic rings. The van der Waals surface area contributed by atoms with Crippen LogP contribution in [0, 0.1) is 0 Å². The van der Waals surface area contributed by atoms with Crippen molar-refractivity contribution in [2.45, 2.75) is 56.6 Å². The second-order valence-corrected chi connectivity index (χ2v) is 9.07. The number of anilines is 1. The molecule has 0 radical (unpaired) electrons. The van der Waals surface area contributed by atoms with E-state index in [0.717, 1.165) is 42.5 Å². The van der Waals surface area contributed by atoms with E-state index in [1.54, 1.807) is 0 Å². The molecule has 1 aromatic carbocycles. The van der Waals surface area contributed by atoms with E-state index in [9.17, 15) is 4.79 Å². The molecule has 160 valence electrons. The molecule has 0 atom stereocenters. The van der Waals surface area contributed by atoms with Crippen LogP contribution in [-0.2, 0) is 30.6 Å². The maximum Gasteiger partial charge on any atom is 0.234 e. The number of benzene rings is 1. The van der Waals surface area contributed by atoms with Crippen molar-refractivity contribution in [1.82, 2.24) is 19.7 Å². The van der Waals surface area contributed by atoms with Crippen molar-refractivity contribution in [3.8, 4) is 0 Å². The SMILES string of the molecule is C=CCn1c(CCN2CCCCC2)nnc1SCC(=O)Nc1ccc2c(c1)CCC2. The van der Waals surface area contributed by atoms with Gasteiger partial charge < -0.3 is 14.8 Å². The summed E-state index contributed by atoms with van der Waals surface area (Å²) in [6.45, 7) is 7.91. The van der Waals surface area contributed by atoms with Crippen molar-refractivity contribution >= 4 is 23.4 Å². The topological polar surface area (TPSA) is 63.1 Å². The Kier molecular flexibility index (Phi) is 7.23. The molecular weight excluding hydrogens is 394 g/mol. The molecule has 1 saturated heterocycles. The van der Waals surface area contributed by atoms with Crippen molar-refractivity contribution in [3.05, 3.63) is 47.8 Å². The number of nitrogens with one attached hydrogen (secondary N) is 1. The summed E-state index contributed by atoms with van der Waals surface area (Å²) in [5, 5.41) is 12.6. The van der Waals surface area contributed by atoms with Crippen molar-refractivity contribution in [2.75, 3.05) is 30.7 Å². The molecule has 30 heavy (non-hydrogen) atoms. The van der Waals surface area contributed by atoms with Crippen LogP contribution >= 0.6 is 11.8 Å². The summed E-state index contributed by atoms with van der Waals surface area (Å²) in [6.07, 6.45) is 10.1. The van der Waals surface area contributed by atoms with Crippen LogP contribution in [0.2, 0.25) is 0 Å². The lowest BCUT2D eigenvalue weighted by molar-refractivity contribution is -0.113. The highest BCUT2D eigenvalue weighted by molar-refractivity contribution is 7.99. The Balaban J connectivity index is 1.32. The van der Waals surface area contributed by atoms with Crippen LogP contribution in [0.3, 0.4) is 0 Å². The lowest BCUT2D eigenvalue weighted by Crippen LogP contribution is -2.32. The number of hydrogen-bond acceptors (Lipinski definition) is 5. The summed E-state index contributed by atoms with van der Waals surface area (Å²) >= 11 is 1.44. The molecule has 1 amide bonds. The van der Waals surface area contributed by atoms with Gasteiger partial charge in [-0.2, -0.15) is 0 Å². The van der Waals surface area contributed by atoms with Crippen molar-refractivity contribution in [2.24, 2.45) is 0 Å². The zero-order chi connectivity index (χ0) is 20.8. The van der Waals surface area contributed by atoms with Gasteiger partial charge in [-0.15, -0.1) is 16.8 Å². The molecule has 0 spiro atoms. The third-order valence-electron chi connectivity index (χ3n) is 5.92. The Morgan fingerprint density at radius 1 is 1.13 bits per heavy atom. The van der Waals surface area contributed by atoms with Crippen LogP contribution in [0.15, 0.2) is 36.0 Å². The molecule has 1 aliphatic heterocycles. The van der Waals surface area contributed by atoms with Gasteiger partial charge >= 0.3 is 0 Å². The van der Waals surface area contributed by atoms with E-state index in [4.69, 9.17) is 0 Å². The van der Waals surface area contributed by atoms with Crippen LogP contribution < -0.4 is 5.32 Å². The van der Waals surface area contributed by atoms with E-state index in [1.165, 1.54) is 61.7 Å². The lowest BCUT2D eigenvalue weighted by Gasteiger charge is -2.26. The monoisotopic (exact) mass is 425 g/mol. The highest BCUT2D eigenvalue weighted by Gasteiger charge is 2.17. The molecule has 0 saturated carbocycles. The number of amides is 1. The Bertz CT molecular complexity index is 888. The number of allylic oxidation sites excluding steroid dienone is 1. The van der Waals surface area contributed by atoms with Crippen LogP contribution in [0.1, 0.15) is 42.6 Å². The van der Waals surface area contributed by atoms with Crippen molar-refractivity contribution in [3.63, 3.8) is 0 Å². The summed E-state index contributed by atoms with van der Waals surface area (Å²) in [5.74, 6) is 1.28. The van der Waals surface area contributed by atoms with Gasteiger partial charge in [-0.05, 0) is 68.5 Å². The number of carbonyl (C=O) groups excluding carboxylic acids is 1. The summed E-state index contributed by atoms with van der Waals surface area (Å²) < 4.78 is 2.09. The molecule has 7 heteroatoms. The summed E-state index contributed by atoms with van der Waals surface area (Å²) in [7, 11) is 0.